The molecule has 0 aliphatic heterocycles. The lowest BCUT2D eigenvalue weighted by Crippen LogP contribution is -2.12. The van der Waals surface area contributed by atoms with Gasteiger partial charge in [-0.05, 0) is 19.1 Å². The monoisotopic (exact) mass is 267 g/mol. The Morgan fingerprint density at radius 2 is 2.11 bits per heavy atom. The fourth-order valence-corrected chi connectivity index (χ4v) is 1.62. The largest absolute Gasteiger partial charge is 0.466 e. The number of rotatable bonds is 7. The van der Waals surface area contributed by atoms with Crippen LogP contribution in [-0.2, 0) is 9.53 Å². The van der Waals surface area contributed by atoms with Crippen LogP contribution in [0.3, 0.4) is 0 Å². The van der Waals surface area contributed by atoms with Crippen molar-refractivity contribution in [3.63, 3.8) is 0 Å². The molecular weight excluding hydrogens is 250 g/mol. The lowest BCUT2D eigenvalue weighted by atomic mass is 10.2. The molecule has 0 atom stereocenters. The van der Waals surface area contributed by atoms with Gasteiger partial charge in [0.1, 0.15) is 11.4 Å². The van der Waals surface area contributed by atoms with E-state index in [0.29, 0.717) is 18.0 Å². The summed E-state index contributed by atoms with van der Waals surface area (Å²) in [7, 11) is 1.62. The summed E-state index contributed by atoms with van der Waals surface area (Å²) in [6, 6.07) is 4.92. The third kappa shape index (κ3) is 4.13. The van der Waals surface area contributed by atoms with Crippen molar-refractivity contribution in [3.8, 4) is 0 Å². The van der Waals surface area contributed by atoms with Gasteiger partial charge >= 0.3 is 11.7 Å². The predicted octanol–water partition coefficient (Wildman–Crippen LogP) is 2.00. The minimum Gasteiger partial charge on any atom is -0.466 e. The van der Waals surface area contributed by atoms with Gasteiger partial charge in [0.25, 0.3) is 0 Å². The van der Waals surface area contributed by atoms with Crippen molar-refractivity contribution in [2.45, 2.75) is 13.3 Å². The SMILES string of the molecule is CCOC(=O)CCNc1cccc(NC)c1[N+](=O)[O-]. The molecule has 0 heterocycles. The third-order valence-electron chi connectivity index (χ3n) is 2.44. The van der Waals surface area contributed by atoms with Gasteiger partial charge in [-0.25, -0.2) is 0 Å². The van der Waals surface area contributed by atoms with E-state index in [2.05, 4.69) is 10.6 Å². The number of benzene rings is 1. The van der Waals surface area contributed by atoms with Gasteiger partial charge in [0.2, 0.25) is 0 Å². The second kappa shape index (κ2) is 7.20. The van der Waals surface area contributed by atoms with Crippen LogP contribution in [0, 0.1) is 10.1 Å². The van der Waals surface area contributed by atoms with Crippen molar-refractivity contribution in [2.75, 3.05) is 30.8 Å². The van der Waals surface area contributed by atoms with Crippen molar-refractivity contribution in [3.05, 3.63) is 28.3 Å². The minimum absolute atomic E-state index is 0.0335. The minimum atomic E-state index is -0.460. The van der Waals surface area contributed by atoms with Crippen LogP contribution >= 0.6 is 0 Å². The highest BCUT2D eigenvalue weighted by Gasteiger charge is 2.18. The van der Waals surface area contributed by atoms with E-state index in [4.69, 9.17) is 4.74 Å². The number of esters is 1. The lowest BCUT2D eigenvalue weighted by Gasteiger charge is -2.09. The van der Waals surface area contributed by atoms with Crippen LogP contribution in [0.15, 0.2) is 18.2 Å². The van der Waals surface area contributed by atoms with E-state index in [1.54, 1.807) is 32.2 Å². The quantitative estimate of drug-likeness (QED) is 0.446. The Kier molecular flexibility index (Phi) is 5.59. The van der Waals surface area contributed by atoms with Gasteiger partial charge in [-0.3, -0.25) is 14.9 Å². The summed E-state index contributed by atoms with van der Waals surface area (Å²) in [6.07, 6.45) is 0.161. The Balaban J connectivity index is 2.73. The number of hydrogen-bond acceptors (Lipinski definition) is 6. The van der Waals surface area contributed by atoms with Crippen LogP contribution in [0.2, 0.25) is 0 Å². The molecule has 7 nitrogen and oxygen atoms in total. The molecule has 1 aromatic rings. The van der Waals surface area contributed by atoms with Crippen LogP contribution < -0.4 is 10.6 Å². The first-order valence-electron chi connectivity index (χ1n) is 5.94. The van der Waals surface area contributed by atoms with Gasteiger partial charge < -0.3 is 15.4 Å². The fourth-order valence-electron chi connectivity index (χ4n) is 1.62. The summed E-state index contributed by atoms with van der Waals surface area (Å²) >= 11 is 0. The van der Waals surface area contributed by atoms with Crippen molar-refractivity contribution in [1.82, 2.24) is 0 Å². The molecule has 2 N–H and O–H groups in total. The number of nitrogens with zero attached hydrogens (tertiary/aromatic N) is 1. The van der Waals surface area contributed by atoms with E-state index in [-0.39, 0.29) is 24.6 Å². The van der Waals surface area contributed by atoms with Gasteiger partial charge in [-0.1, -0.05) is 6.07 Å². The molecule has 0 aliphatic rings. The summed E-state index contributed by atoms with van der Waals surface area (Å²) in [4.78, 5) is 21.7. The average molecular weight is 267 g/mol. The van der Waals surface area contributed by atoms with E-state index in [9.17, 15) is 14.9 Å². The maximum Gasteiger partial charge on any atom is 0.315 e. The molecule has 0 amide bonds. The zero-order chi connectivity index (χ0) is 14.3. The Bertz CT molecular complexity index is 462. The first kappa shape index (κ1) is 14.7. The molecule has 0 aliphatic carbocycles. The summed E-state index contributed by atoms with van der Waals surface area (Å²) in [5, 5.41) is 16.7. The zero-order valence-corrected chi connectivity index (χ0v) is 10.9. The Labute approximate surface area is 111 Å². The first-order chi connectivity index (χ1) is 9.10. The number of nitro benzene ring substituents is 1. The zero-order valence-electron chi connectivity index (χ0n) is 10.9. The van der Waals surface area contributed by atoms with Crippen LogP contribution in [0.4, 0.5) is 17.1 Å². The summed E-state index contributed by atoms with van der Waals surface area (Å²) < 4.78 is 4.78. The highest BCUT2D eigenvalue weighted by atomic mass is 16.6. The fraction of sp³-hybridized carbons (Fsp3) is 0.417. The predicted molar refractivity (Wildman–Crippen MR) is 72.4 cm³/mol. The van der Waals surface area contributed by atoms with Gasteiger partial charge in [-0.15, -0.1) is 0 Å². The Morgan fingerprint density at radius 1 is 1.42 bits per heavy atom. The normalized spacial score (nSPS) is 9.79. The highest BCUT2D eigenvalue weighted by Crippen LogP contribution is 2.32. The molecule has 104 valence electrons. The van der Waals surface area contributed by atoms with Gasteiger partial charge in [0.05, 0.1) is 18.0 Å². The molecule has 0 aromatic heterocycles. The number of carbonyl (C=O) groups is 1. The number of nitrogens with one attached hydrogen (secondary N) is 2. The molecule has 1 rings (SSSR count). The van der Waals surface area contributed by atoms with Crippen molar-refractivity contribution in [1.29, 1.82) is 0 Å². The molecule has 1 aromatic carbocycles. The van der Waals surface area contributed by atoms with Crippen LogP contribution in [0.5, 0.6) is 0 Å². The molecule has 7 heteroatoms. The molecule has 0 unspecified atom stereocenters. The molecule has 0 spiro atoms. The molecule has 0 saturated heterocycles. The first-order valence-corrected chi connectivity index (χ1v) is 5.94. The number of anilines is 2. The van der Waals surface area contributed by atoms with E-state index in [0.717, 1.165) is 0 Å². The number of hydrogen-bond donors (Lipinski definition) is 2. The number of ether oxygens (including phenoxy) is 1. The molecular formula is C12H17N3O4. The molecule has 0 bridgehead atoms. The second-order valence-electron chi connectivity index (χ2n) is 3.69. The second-order valence-corrected chi connectivity index (χ2v) is 3.69. The molecule has 0 radical (unpaired) electrons. The number of carbonyl (C=O) groups excluding carboxylic acids is 1. The molecule has 0 saturated carbocycles. The van der Waals surface area contributed by atoms with Crippen LogP contribution in [-0.4, -0.2) is 31.1 Å². The van der Waals surface area contributed by atoms with Crippen molar-refractivity contribution >= 4 is 23.0 Å². The van der Waals surface area contributed by atoms with Gasteiger partial charge in [0, 0.05) is 13.6 Å². The maximum atomic E-state index is 11.2. The highest BCUT2D eigenvalue weighted by molar-refractivity contribution is 5.76. The topological polar surface area (TPSA) is 93.5 Å². The smallest absolute Gasteiger partial charge is 0.315 e. The van der Waals surface area contributed by atoms with Crippen molar-refractivity contribution < 1.29 is 14.5 Å². The van der Waals surface area contributed by atoms with E-state index >= 15 is 0 Å². The van der Waals surface area contributed by atoms with Gasteiger partial charge in [-0.2, -0.15) is 0 Å². The summed E-state index contributed by atoms with van der Waals surface area (Å²) in [6.45, 7) is 2.34. The van der Waals surface area contributed by atoms with Crippen molar-refractivity contribution in [2.24, 2.45) is 0 Å². The van der Waals surface area contributed by atoms with E-state index in [1.165, 1.54) is 0 Å². The Hall–Kier alpha value is -2.31. The molecule has 0 fully saturated rings. The maximum absolute atomic E-state index is 11.2. The third-order valence-corrected chi connectivity index (χ3v) is 2.44. The summed E-state index contributed by atoms with van der Waals surface area (Å²) in [5.41, 5.74) is 0.765. The standard InChI is InChI=1S/C12H17N3O4/c1-3-19-11(16)7-8-14-10-6-4-5-9(13-2)12(10)15(17)18/h4-6,13-14H,3,7-8H2,1-2H3. The van der Waals surface area contributed by atoms with E-state index < -0.39 is 4.92 Å². The number of para-hydroxylation sites is 1. The number of nitro groups is 1. The van der Waals surface area contributed by atoms with Crippen LogP contribution in [0.25, 0.3) is 0 Å². The van der Waals surface area contributed by atoms with Crippen LogP contribution in [0.1, 0.15) is 13.3 Å². The summed E-state index contributed by atoms with van der Waals surface area (Å²) in [5.74, 6) is -0.331. The average Bonchev–Trinajstić information content (AvgIpc) is 2.38. The van der Waals surface area contributed by atoms with Gasteiger partial charge in [0.15, 0.2) is 0 Å². The Morgan fingerprint density at radius 3 is 2.68 bits per heavy atom. The van der Waals surface area contributed by atoms with E-state index in [1.807, 2.05) is 0 Å². The molecule has 19 heavy (non-hydrogen) atoms. The lowest BCUT2D eigenvalue weighted by molar-refractivity contribution is -0.383.